The number of aliphatic imine (C=N–C) groups is 1. The van der Waals surface area contributed by atoms with Gasteiger partial charge >= 0.3 is 6.18 Å². The highest BCUT2D eigenvalue weighted by Gasteiger charge is 2.32. The van der Waals surface area contributed by atoms with Crippen LogP contribution in [0.5, 0.6) is 0 Å². The van der Waals surface area contributed by atoms with E-state index in [-0.39, 0.29) is 6.29 Å². The van der Waals surface area contributed by atoms with Gasteiger partial charge in [0.25, 0.3) is 0 Å². The summed E-state index contributed by atoms with van der Waals surface area (Å²) in [5.41, 5.74) is 2.22. The van der Waals surface area contributed by atoms with Gasteiger partial charge in [-0.1, -0.05) is 23.8 Å². The van der Waals surface area contributed by atoms with Gasteiger partial charge in [-0.2, -0.15) is 13.2 Å². The molecule has 0 radical (unpaired) electrons. The van der Waals surface area contributed by atoms with Crippen molar-refractivity contribution in [1.82, 2.24) is 15.1 Å². The van der Waals surface area contributed by atoms with Crippen molar-refractivity contribution in [2.24, 2.45) is 4.99 Å². The van der Waals surface area contributed by atoms with Crippen LogP contribution in [0.3, 0.4) is 0 Å². The second kappa shape index (κ2) is 10.4. The van der Waals surface area contributed by atoms with E-state index < -0.39 is 11.7 Å². The van der Waals surface area contributed by atoms with E-state index in [0.717, 1.165) is 36.5 Å². The highest BCUT2D eigenvalue weighted by atomic mass is 19.4. The number of alkyl halides is 3. The molecule has 0 saturated carbocycles. The number of halogens is 3. The molecule has 2 N–H and O–H groups in total. The van der Waals surface area contributed by atoms with Crippen LogP contribution in [0.2, 0.25) is 0 Å². The smallest absolute Gasteiger partial charge is 0.369 e. The van der Waals surface area contributed by atoms with Crippen molar-refractivity contribution in [2.75, 3.05) is 49.5 Å². The van der Waals surface area contributed by atoms with E-state index in [9.17, 15) is 13.2 Å². The standard InChI is InChI=1S/C27H33F3N6/c1-20-8-10-22(11-9-20)31-24-19-25(35-12-3-2-4-13-35)33-26(32-24)36-16-14-34(15-17-36)23-7-5-6-21(18-23)27(28,29)30/h5-11,18-19,26,31-32H,2-4,12-17H2,1H3. The van der Waals surface area contributed by atoms with E-state index in [0.29, 0.717) is 31.9 Å². The summed E-state index contributed by atoms with van der Waals surface area (Å²) >= 11 is 0. The summed E-state index contributed by atoms with van der Waals surface area (Å²) in [7, 11) is 0. The topological polar surface area (TPSA) is 46.1 Å². The minimum atomic E-state index is -4.34. The van der Waals surface area contributed by atoms with Crippen LogP contribution in [0.25, 0.3) is 0 Å². The number of nitrogens with one attached hydrogen (secondary N) is 2. The van der Waals surface area contributed by atoms with Gasteiger partial charge in [-0.25, -0.2) is 4.99 Å². The van der Waals surface area contributed by atoms with Crippen molar-refractivity contribution in [3.63, 3.8) is 0 Å². The minimum Gasteiger partial charge on any atom is -0.369 e. The molecule has 0 amide bonds. The molecule has 2 aromatic carbocycles. The Bertz CT molecular complexity index is 1100. The van der Waals surface area contributed by atoms with E-state index in [1.807, 2.05) is 4.90 Å². The van der Waals surface area contributed by atoms with Gasteiger partial charge in [0.05, 0.1) is 5.56 Å². The fraction of sp³-hybridized carbons (Fsp3) is 0.444. The number of hydrogen-bond donors (Lipinski definition) is 2. The molecule has 6 nitrogen and oxygen atoms in total. The van der Waals surface area contributed by atoms with Crippen molar-refractivity contribution >= 4 is 17.2 Å². The average Bonchev–Trinajstić information content (AvgIpc) is 2.90. The Labute approximate surface area is 210 Å². The Morgan fingerprint density at radius 3 is 2.31 bits per heavy atom. The molecule has 0 aliphatic carbocycles. The highest BCUT2D eigenvalue weighted by Crippen LogP contribution is 2.32. The lowest BCUT2D eigenvalue weighted by molar-refractivity contribution is -0.137. The summed E-state index contributed by atoms with van der Waals surface area (Å²) in [6.07, 6.45) is 1.10. The van der Waals surface area contributed by atoms with E-state index in [4.69, 9.17) is 4.99 Å². The Morgan fingerprint density at radius 1 is 0.889 bits per heavy atom. The predicted molar refractivity (Wildman–Crippen MR) is 138 cm³/mol. The third-order valence-electron chi connectivity index (χ3n) is 7.02. The minimum absolute atomic E-state index is 0.233. The Morgan fingerprint density at radius 2 is 1.61 bits per heavy atom. The Kier molecular flexibility index (Phi) is 7.09. The van der Waals surface area contributed by atoms with Crippen LogP contribution < -0.4 is 15.5 Å². The van der Waals surface area contributed by atoms with Gasteiger partial charge < -0.3 is 20.4 Å². The third kappa shape index (κ3) is 5.78. The first-order valence-corrected chi connectivity index (χ1v) is 12.7. The molecule has 0 aromatic heterocycles. The molecule has 1 unspecified atom stereocenters. The number of anilines is 2. The van der Waals surface area contributed by atoms with Gasteiger partial charge in [-0.15, -0.1) is 0 Å². The molecular formula is C27H33F3N6. The summed E-state index contributed by atoms with van der Waals surface area (Å²) < 4.78 is 39.5. The van der Waals surface area contributed by atoms with Crippen LogP contribution in [-0.4, -0.2) is 61.2 Å². The number of piperazine rings is 1. The molecule has 0 spiro atoms. The first kappa shape index (κ1) is 24.5. The number of amidine groups is 1. The van der Waals surface area contributed by atoms with E-state index in [1.165, 1.54) is 37.0 Å². The zero-order chi connectivity index (χ0) is 25.1. The molecule has 2 fully saturated rings. The fourth-order valence-corrected chi connectivity index (χ4v) is 4.94. The first-order valence-electron chi connectivity index (χ1n) is 12.7. The number of rotatable bonds is 4. The van der Waals surface area contributed by atoms with Crippen LogP contribution in [0.15, 0.2) is 65.4 Å². The molecular weight excluding hydrogens is 465 g/mol. The summed E-state index contributed by atoms with van der Waals surface area (Å²) in [6.45, 7) is 6.74. The zero-order valence-corrected chi connectivity index (χ0v) is 20.6. The fourth-order valence-electron chi connectivity index (χ4n) is 4.94. The number of piperidine rings is 1. The van der Waals surface area contributed by atoms with Crippen LogP contribution in [0.4, 0.5) is 24.5 Å². The van der Waals surface area contributed by atoms with E-state index in [1.54, 1.807) is 6.07 Å². The molecule has 9 heteroatoms. The van der Waals surface area contributed by atoms with Gasteiger partial charge in [0.15, 0.2) is 6.29 Å². The number of aryl methyl sites for hydroxylation is 1. The number of hydrogen-bond acceptors (Lipinski definition) is 6. The quantitative estimate of drug-likeness (QED) is 0.631. The SMILES string of the molecule is Cc1ccc(NC2=CC(N3CCCCC3)=NC(N3CCN(c4cccc(C(F)(F)F)c4)CC3)N2)cc1. The van der Waals surface area contributed by atoms with Crippen LogP contribution in [0, 0.1) is 6.92 Å². The first-order chi connectivity index (χ1) is 17.3. The lowest BCUT2D eigenvalue weighted by atomic mass is 10.1. The average molecular weight is 499 g/mol. The summed E-state index contributed by atoms with van der Waals surface area (Å²) in [5.74, 6) is 1.88. The number of likely N-dealkylation sites (tertiary alicyclic amines) is 1. The summed E-state index contributed by atoms with van der Waals surface area (Å²) in [6, 6.07) is 13.9. The summed E-state index contributed by atoms with van der Waals surface area (Å²) in [5, 5.41) is 7.03. The van der Waals surface area contributed by atoms with E-state index in [2.05, 4.69) is 57.7 Å². The van der Waals surface area contributed by atoms with Crippen molar-refractivity contribution < 1.29 is 13.2 Å². The van der Waals surface area contributed by atoms with Gasteiger partial charge in [0.2, 0.25) is 0 Å². The molecule has 2 saturated heterocycles. The lowest BCUT2D eigenvalue weighted by Crippen LogP contribution is -2.56. The molecule has 5 rings (SSSR count). The van der Waals surface area contributed by atoms with Crippen LogP contribution >= 0.6 is 0 Å². The Hall–Kier alpha value is -3.20. The van der Waals surface area contributed by atoms with Crippen LogP contribution in [0.1, 0.15) is 30.4 Å². The van der Waals surface area contributed by atoms with Crippen molar-refractivity contribution in [3.8, 4) is 0 Å². The van der Waals surface area contributed by atoms with Gasteiger partial charge in [0.1, 0.15) is 11.7 Å². The molecule has 3 aliphatic rings. The highest BCUT2D eigenvalue weighted by molar-refractivity contribution is 5.94. The van der Waals surface area contributed by atoms with Crippen molar-refractivity contribution in [3.05, 3.63) is 71.6 Å². The van der Waals surface area contributed by atoms with Gasteiger partial charge in [-0.3, -0.25) is 4.90 Å². The molecule has 36 heavy (non-hydrogen) atoms. The van der Waals surface area contributed by atoms with Crippen molar-refractivity contribution in [2.45, 2.75) is 38.7 Å². The predicted octanol–water partition coefficient (Wildman–Crippen LogP) is 4.86. The Balaban J connectivity index is 1.29. The maximum absolute atomic E-state index is 13.2. The van der Waals surface area contributed by atoms with Crippen LogP contribution in [-0.2, 0) is 6.18 Å². The second-order valence-electron chi connectivity index (χ2n) is 9.67. The zero-order valence-electron chi connectivity index (χ0n) is 20.6. The molecule has 192 valence electrons. The largest absolute Gasteiger partial charge is 0.416 e. The van der Waals surface area contributed by atoms with Gasteiger partial charge in [0, 0.05) is 56.7 Å². The summed E-state index contributed by atoms with van der Waals surface area (Å²) in [4.78, 5) is 11.7. The van der Waals surface area contributed by atoms with Gasteiger partial charge in [-0.05, 0) is 56.5 Å². The normalized spacial score (nSPS) is 21.5. The molecule has 1 atom stereocenters. The number of benzene rings is 2. The third-order valence-corrected chi connectivity index (χ3v) is 7.02. The van der Waals surface area contributed by atoms with E-state index >= 15 is 0 Å². The maximum atomic E-state index is 13.2. The molecule has 2 aromatic rings. The molecule has 3 aliphatic heterocycles. The van der Waals surface area contributed by atoms with Crippen molar-refractivity contribution in [1.29, 1.82) is 0 Å². The second-order valence-corrected chi connectivity index (χ2v) is 9.67. The maximum Gasteiger partial charge on any atom is 0.416 e. The number of nitrogens with zero attached hydrogens (tertiary/aromatic N) is 4. The molecule has 0 bridgehead atoms. The monoisotopic (exact) mass is 498 g/mol. The lowest BCUT2D eigenvalue weighted by Gasteiger charge is -2.41. The molecule has 3 heterocycles.